The van der Waals surface area contributed by atoms with E-state index in [1.807, 2.05) is 6.92 Å². The molecule has 0 atom stereocenters. The molecule has 0 aliphatic carbocycles. The van der Waals surface area contributed by atoms with Gasteiger partial charge in [0, 0.05) is 24.5 Å². The third kappa shape index (κ3) is 4.13. The molecule has 7 nitrogen and oxygen atoms in total. The van der Waals surface area contributed by atoms with Crippen LogP contribution in [0.4, 0.5) is 0 Å². The molecule has 0 unspecified atom stereocenters. The molecule has 0 saturated carbocycles. The molecule has 2 aromatic rings. The summed E-state index contributed by atoms with van der Waals surface area (Å²) in [5, 5.41) is 1.04. The smallest absolute Gasteiger partial charge is 0.211 e. The molecule has 1 aliphatic heterocycles. The fourth-order valence-corrected chi connectivity index (χ4v) is 3.92. The second kappa shape index (κ2) is 7.31. The lowest BCUT2D eigenvalue weighted by Gasteiger charge is -2.30. The van der Waals surface area contributed by atoms with Gasteiger partial charge in [0.2, 0.25) is 10.0 Å². The van der Waals surface area contributed by atoms with Crippen LogP contribution in [0.25, 0.3) is 10.9 Å². The van der Waals surface area contributed by atoms with Crippen LogP contribution in [0.3, 0.4) is 0 Å². The van der Waals surface area contributed by atoms with Crippen LogP contribution < -0.4 is 9.47 Å². The number of aromatic nitrogens is 2. The summed E-state index contributed by atoms with van der Waals surface area (Å²) in [5.41, 5.74) is 0.683. The lowest BCUT2D eigenvalue weighted by atomic mass is 10.1. The van der Waals surface area contributed by atoms with E-state index < -0.39 is 10.0 Å². The molecule has 0 radical (unpaired) electrons. The van der Waals surface area contributed by atoms with Crippen LogP contribution in [0.1, 0.15) is 19.8 Å². The minimum absolute atomic E-state index is 0.0851. The maximum absolute atomic E-state index is 11.6. The van der Waals surface area contributed by atoms with Gasteiger partial charge in [-0.2, -0.15) is 0 Å². The third-order valence-electron chi connectivity index (χ3n) is 4.12. The molecular weight excluding hydrogens is 366 g/mol. The van der Waals surface area contributed by atoms with E-state index in [4.69, 9.17) is 21.1 Å². The van der Waals surface area contributed by atoms with Crippen molar-refractivity contribution >= 4 is 32.5 Å². The number of piperidine rings is 1. The maximum Gasteiger partial charge on any atom is 0.211 e. The van der Waals surface area contributed by atoms with Crippen molar-refractivity contribution in [1.82, 2.24) is 14.3 Å². The Bertz CT molecular complexity index is 867. The Morgan fingerprint density at radius 3 is 2.60 bits per heavy atom. The number of fused-ring (bicyclic) bond motifs is 1. The number of hydrogen-bond acceptors (Lipinski definition) is 6. The Balaban J connectivity index is 1.83. The first-order valence-electron chi connectivity index (χ1n) is 8.07. The van der Waals surface area contributed by atoms with Crippen molar-refractivity contribution in [1.29, 1.82) is 0 Å². The lowest BCUT2D eigenvalue weighted by Crippen LogP contribution is -2.41. The second-order valence-corrected chi connectivity index (χ2v) is 8.23. The molecule has 9 heteroatoms. The molecule has 25 heavy (non-hydrogen) atoms. The van der Waals surface area contributed by atoms with E-state index in [1.165, 1.54) is 16.9 Å². The van der Waals surface area contributed by atoms with Gasteiger partial charge < -0.3 is 9.47 Å². The van der Waals surface area contributed by atoms with Gasteiger partial charge in [0.25, 0.3) is 0 Å². The molecule has 0 amide bonds. The number of hydrogen-bond donors (Lipinski definition) is 0. The Morgan fingerprint density at radius 1 is 1.24 bits per heavy atom. The van der Waals surface area contributed by atoms with Crippen molar-refractivity contribution in [2.24, 2.45) is 0 Å². The zero-order chi connectivity index (χ0) is 18.0. The van der Waals surface area contributed by atoms with E-state index in [0.29, 0.717) is 60.1 Å². The molecule has 1 aromatic carbocycles. The van der Waals surface area contributed by atoms with E-state index in [-0.39, 0.29) is 6.10 Å². The predicted molar refractivity (Wildman–Crippen MR) is 95.8 cm³/mol. The van der Waals surface area contributed by atoms with E-state index in [2.05, 4.69) is 9.97 Å². The van der Waals surface area contributed by atoms with Crippen LogP contribution >= 0.6 is 11.6 Å². The summed E-state index contributed by atoms with van der Waals surface area (Å²) < 4.78 is 36.5. The number of rotatable bonds is 5. The van der Waals surface area contributed by atoms with E-state index in [9.17, 15) is 8.42 Å². The van der Waals surface area contributed by atoms with Crippen molar-refractivity contribution in [3.63, 3.8) is 0 Å². The average molecular weight is 386 g/mol. The van der Waals surface area contributed by atoms with Crippen LogP contribution in [0.15, 0.2) is 18.5 Å². The Labute approximate surface area is 152 Å². The molecule has 0 N–H and O–H groups in total. The lowest BCUT2D eigenvalue weighted by molar-refractivity contribution is 0.130. The van der Waals surface area contributed by atoms with Crippen LogP contribution in [0, 0.1) is 0 Å². The van der Waals surface area contributed by atoms with Crippen molar-refractivity contribution in [2.45, 2.75) is 25.9 Å². The van der Waals surface area contributed by atoms with Gasteiger partial charge in [-0.25, -0.2) is 22.7 Å². The number of nitrogens with zero attached hydrogens (tertiary/aromatic N) is 3. The van der Waals surface area contributed by atoms with E-state index in [1.54, 1.807) is 12.1 Å². The largest absolute Gasteiger partial charge is 0.490 e. The molecule has 1 aliphatic rings. The van der Waals surface area contributed by atoms with Gasteiger partial charge >= 0.3 is 0 Å². The summed E-state index contributed by atoms with van der Waals surface area (Å²) in [6.07, 6.45) is 3.79. The highest BCUT2D eigenvalue weighted by Crippen LogP contribution is 2.35. The second-order valence-electron chi connectivity index (χ2n) is 5.89. The van der Waals surface area contributed by atoms with Gasteiger partial charge in [0.15, 0.2) is 11.5 Å². The third-order valence-corrected chi connectivity index (χ3v) is 5.72. The standard InChI is InChI=1S/C16H20ClN3O4S/c1-3-23-14-9-13-12(16(17)19-10-18-13)8-15(14)24-11-4-6-20(7-5-11)25(2,21)22/h8-11H,3-7H2,1-2H3. The van der Waals surface area contributed by atoms with Crippen molar-refractivity contribution < 1.29 is 17.9 Å². The molecule has 3 rings (SSSR count). The molecule has 1 saturated heterocycles. The minimum Gasteiger partial charge on any atom is -0.490 e. The van der Waals surface area contributed by atoms with Gasteiger partial charge in [0.05, 0.1) is 18.4 Å². The molecule has 0 spiro atoms. The number of sulfonamides is 1. The zero-order valence-electron chi connectivity index (χ0n) is 14.1. The molecular formula is C16H20ClN3O4S. The highest BCUT2D eigenvalue weighted by molar-refractivity contribution is 7.88. The van der Waals surface area contributed by atoms with Crippen LogP contribution in [0.5, 0.6) is 11.5 Å². The first-order valence-corrected chi connectivity index (χ1v) is 10.3. The topological polar surface area (TPSA) is 81.6 Å². The first kappa shape index (κ1) is 18.2. The van der Waals surface area contributed by atoms with Gasteiger partial charge in [-0.3, -0.25) is 0 Å². The predicted octanol–water partition coefficient (Wildman–Crippen LogP) is 2.48. The van der Waals surface area contributed by atoms with Crippen molar-refractivity contribution in [3.8, 4) is 11.5 Å². The Kier molecular flexibility index (Phi) is 5.31. The molecule has 2 heterocycles. The van der Waals surface area contributed by atoms with Gasteiger partial charge in [-0.1, -0.05) is 11.6 Å². The highest BCUT2D eigenvalue weighted by Gasteiger charge is 2.26. The van der Waals surface area contributed by atoms with Crippen molar-refractivity contribution in [2.75, 3.05) is 26.0 Å². The van der Waals surface area contributed by atoms with Gasteiger partial charge in [0.1, 0.15) is 17.6 Å². The fourth-order valence-electron chi connectivity index (χ4n) is 2.85. The quantitative estimate of drug-likeness (QED) is 0.735. The highest BCUT2D eigenvalue weighted by atomic mass is 35.5. The van der Waals surface area contributed by atoms with Crippen LogP contribution in [0.2, 0.25) is 5.15 Å². The van der Waals surface area contributed by atoms with E-state index in [0.717, 1.165) is 0 Å². The molecule has 1 fully saturated rings. The number of benzene rings is 1. The summed E-state index contributed by atoms with van der Waals surface area (Å²) in [6.45, 7) is 3.29. The maximum atomic E-state index is 11.6. The Hall–Kier alpha value is -1.64. The van der Waals surface area contributed by atoms with Crippen LogP contribution in [-0.4, -0.2) is 54.7 Å². The summed E-state index contributed by atoms with van der Waals surface area (Å²) in [7, 11) is -3.15. The average Bonchev–Trinajstić information content (AvgIpc) is 2.56. The summed E-state index contributed by atoms with van der Waals surface area (Å²) in [6, 6.07) is 3.57. The van der Waals surface area contributed by atoms with Gasteiger partial charge in [-0.05, 0) is 25.8 Å². The number of ether oxygens (including phenoxy) is 2. The SMILES string of the molecule is CCOc1cc2ncnc(Cl)c2cc1OC1CCN(S(C)(=O)=O)CC1. The van der Waals surface area contributed by atoms with Gasteiger partial charge in [-0.15, -0.1) is 0 Å². The normalized spacial score (nSPS) is 16.9. The summed E-state index contributed by atoms with van der Waals surface area (Å²) in [4.78, 5) is 8.20. The molecule has 1 aromatic heterocycles. The summed E-state index contributed by atoms with van der Waals surface area (Å²) >= 11 is 6.15. The zero-order valence-corrected chi connectivity index (χ0v) is 15.7. The monoisotopic (exact) mass is 385 g/mol. The molecule has 0 bridgehead atoms. The van der Waals surface area contributed by atoms with Crippen LogP contribution in [-0.2, 0) is 10.0 Å². The van der Waals surface area contributed by atoms with E-state index >= 15 is 0 Å². The Morgan fingerprint density at radius 2 is 1.96 bits per heavy atom. The first-order chi connectivity index (χ1) is 11.9. The van der Waals surface area contributed by atoms with Crippen molar-refractivity contribution in [3.05, 3.63) is 23.6 Å². The number of halogens is 1. The summed E-state index contributed by atoms with van der Waals surface area (Å²) in [5.74, 6) is 1.17. The minimum atomic E-state index is -3.15. The fraction of sp³-hybridized carbons (Fsp3) is 0.500. The molecule has 136 valence electrons.